The lowest BCUT2D eigenvalue weighted by Crippen LogP contribution is -2.40. The van der Waals surface area contributed by atoms with Gasteiger partial charge in [0.1, 0.15) is 0 Å². The first kappa shape index (κ1) is 26.6. The molecule has 0 aliphatic heterocycles. The fraction of sp³-hybridized carbons (Fsp3) is 0.636. The number of guanidine groups is 1. The molecule has 30 heavy (non-hydrogen) atoms. The average Bonchev–Trinajstić information content (AvgIpc) is 3.52. The summed E-state index contributed by atoms with van der Waals surface area (Å²) < 4.78 is 5.74. The first-order valence-electron chi connectivity index (χ1n) is 10.6. The molecule has 1 amide bonds. The number of halogens is 1. The molecule has 0 heterocycles. The van der Waals surface area contributed by atoms with Crippen LogP contribution in [0.4, 0.5) is 0 Å². The first-order valence-corrected chi connectivity index (χ1v) is 10.6. The van der Waals surface area contributed by atoms with Crippen molar-refractivity contribution in [3.05, 3.63) is 35.4 Å². The molecule has 2 N–H and O–H groups in total. The van der Waals surface area contributed by atoms with Gasteiger partial charge in [0.2, 0.25) is 0 Å². The molecule has 170 valence electrons. The average molecular weight is 531 g/mol. The number of nitrogens with one attached hydrogen (secondary N) is 2. The maximum absolute atomic E-state index is 12.3. The summed E-state index contributed by atoms with van der Waals surface area (Å²) in [6, 6.07) is 7.67. The standard InChI is InChI=1S/C22H37N5O2.HI/c1-5-23-22(27(4)13-14-29-17-18-9-10-18)25-16-19-7-6-8-20(15-19)21(28)24-11-12-26(2)3;/h6-8,15,18H,5,9-14,16-17H2,1-4H3,(H,23,25)(H,24,28);1H. The van der Waals surface area contributed by atoms with Crippen LogP contribution < -0.4 is 10.6 Å². The molecule has 0 radical (unpaired) electrons. The topological polar surface area (TPSA) is 69.2 Å². The summed E-state index contributed by atoms with van der Waals surface area (Å²) in [5.41, 5.74) is 1.68. The van der Waals surface area contributed by atoms with E-state index >= 15 is 0 Å². The predicted molar refractivity (Wildman–Crippen MR) is 134 cm³/mol. The predicted octanol–water partition coefficient (Wildman–Crippen LogP) is 2.42. The van der Waals surface area contributed by atoms with E-state index in [1.54, 1.807) is 0 Å². The largest absolute Gasteiger partial charge is 0.379 e. The number of carbonyl (C=O) groups is 1. The van der Waals surface area contributed by atoms with Crippen LogP contribution in [0, 0.1) is 5.92 Å². The summed E-state index contributed by atoms with van der Waals surface area (Å²) in [5.74, 6) is 1.59. The van der Waals surface area contributed by atoms with Gasteiger partial charge in [0.05, 0.1) is 13.2 Å². The highest BCUT2D eigenvalue weighted by atomic mass is 127. The number of ether oxygens (including phenoxy) is 1. The fourth-order valence-electron chi connectivity index (χ4n) is 2.78. The minimum absolute atomic E-state index is 0. The van der Waals surface area contributed by atoms with Crippen LogP contribution in [0.25, 0.3) is 0 Å². The smallest absolute Gasteiger partial charge is 0.251 e. The van der Waals surface area contributed by atoms with Crippen LogP contribution in [-0.4, -0.2) is 82.2 Å². The SMILES string of the molecule is CCNC(=NCc1cccc(C(=O)NCCN(C)C)c1)N(C)CCOCC1CC1.I. The van der Waals surface area contributed by atoms with Crippen molar-refractivity contribution in [1.82, 2.24) is 20.4 Å². The molecule has 1 saturated carbocycles. The van der Waals surface area contributed by atoms with E-state index in [0.717, 1.165) is 43.7 Å². The lowest BCUT2D eigenvalue weighted by atomic mass is 10.1. The minimum atomic E-state index is -0.0467. The number of amides is 1. The van der Waals surface area contributed by atoms with Crippen LogP contribution in [0.5, 0.6) is 0 Å². The molecule has 0 saturated heterocycles. The van der Waals surface area contributed by atoms with Crippen molar-refractivity contribution in [3.8, 4) is 0 Å². The van der Waals surface area contributed by atoms with Gasteiger partial charge in [0.25, 0.3) is 5.91 Å². The quantitative estimate of drug-likeness (QED) is 0.188. The van der Waals surface area contributed by atoms with Gasteiger partial charge in [0.15, 0.2) is 5.96 Å². The summed E-state index contributed by atoms with van der Waals surface area (Å²) in [5, 5.41) is 6.28. The van der Waals surface area contributed by atoms with Crippen molar-refractivity contribution in [2.75, 3.05) is 60.5 Å². The van der Waals surface area contributed by atoms with Crippen molar-refractivity contribution >= 4 is 35.8 Å². The van der Waals surface area contributed by atoms with Crippen molar-refractivity contribution in [2.24, 2.45) is 10.9 Å². The van der Waals surface area contributed by atoms with E-state index in [9.17, 15) is 4.79 Å². The summed E-state index contributed by atoms with van der Waals surface area (Å²) in [4.78, 5) is 21.2. The van der Waals surface area contributed by atoms with Gasteiger partial charge in [-0.1, -0.05) is 12.1 Å². The van der Waals surface area contributed by atoms with E-state index in [1.165, 1.54) is 12.8 Å². The Morgan fingerprint density at radius 3 is 2.63 bits per heavy atom. The Labute approximate surface area is 198 Å². The van der Waals surface area contributed by atoms with Gasteiger partial charge in [-0.25, -0.2) is 4.99 Å². The van der Waals surface area contributed by atoms with Crippen LogP contribution >= 0.6 is 24.0 Å². The molecule has 0 bridgehead atoms. The highest BCUT2D eigenvalue weighted by molar-refractivity contribution is 14.0. The maximum atomic E-state index is 12.3. The van der Waals surface area contributed by atoms with Crippen LogP contribution in [0.2, 0.25) is 0 Å². The highest BCUT2D eigenvalue weighted by Gasteiger charge is 2.21. The number of likely N-dealkylation sites (N-methyl/N-ethyl adjacent to an activating group) is 2. The molecule has 7 nitrogen and oxygen atoms in total. The van der Waals surface area contributed by atoms with E-state index in [0.29, 0.717) is 25.3 Å². The van der Waals surface area contributed by atoms with E-state index in [2.05, 4.69) is 22.5 Å². The maximum Gasteiger partial charge on any atom is 0.251 e. The first-order chi connectivity index (χ1) is 14.0. The third-order valence-electron chi connectivity index (χ3n) is 4.76. The van der Waals surface area contributed by atoms with Crippen molar-refractivity contribution in [3.63, 3.8) is 0 Å². The summed E-state index contributed by atoms with van der Waals surface area (Å²) in [6.07, 6.45) is 2.62. The zero-order valence-electron chi connectivity index (χ0n) is 18.8. The number of benzene rings is 1. The minimum Gasteiger partial charge on any atom is -0.379 e. The second kappa shape index (κ2) is 14.6. The normalized spacial score (nSPS) is 13.7. The molecular weight excluding hydrogens is 493 g/mol. The van der Waals surface area contributed by atoms with Gasteiger partial charge in [-0.3, -0.25) is 4.79 Å². The molecule has 1 fully saturated rings. The zero-order valence-corrected chi connectivity index (χ0v) is 21.1. The van der Waals surface area contributed by atoms with Crippen LogP contribution in [0.3, 0.4) is 0 Å². The fourth-order valence-corrected chi connectivity index (χ4v) is 2.78. The molecule has 0 aromatic heterocycles. The lowest BCUT2D eigenvalue weighted by molar-refractivity contribution is 0.0951. The Kier molecular flexibility index (Phi) is 13.0. The molecule has 1 aliphatic carbocycles. The number of aliphatic imine (C=N–C) groups is 1. The Bertz CT molecular complexity index is 665. The molecule has 1 aromatic carbocycles. The molecule has 2 rings (SSSR count). The zero-order chi connectivity index (χ0) is 21.1. The van der Waals surface area contributed by atoms with E-state index in [4.69, 9.17) is 9.73 Å². The molecule has 1 aromatic rings. The van der Waals surface area contributed by atoms with Gasteiger partial charge in [-0.2, -0.15) is 0 Å². The molecule has 8 heteroatoms. The summed E-state index contributed by atoms with van der Waals surface area (Å²) >= 11 is 0. The Morgan fingerprint density at radius 2 is 1.97 bits per heavy atom. The van der Waals surface area contributed by atoms with Gasteiger partial charge >= 0.3 is 0 Å². The van der Waals surface area contributed by atoms with Crippen molar-refractivity contribution < 1.29 is 9.53 Å². The van der Waals surface area contributed by atoms with Gasteiger partial charge in [0, 0.05) is 45.4 Å². The summed E-state index contributed by atoms with van der Waals surface area (Å²) in [7, 11) is 6.00. The molecule has 0 spiro atoms. The highest BCUT2D eigenvalue weighted by Crippen LogP contribution is 2.28. The second-order valence-electron chi connectivity index (χ2n) is 7.87. The third-order valence-corrected chi connectivity index (χ3v) is 4.76. The Hall–Kier alpha value is -1.39. The van der Waals surface area contributed by atoms with E-state index < -0.39 is 0 Å². The number of nitrogens with zero attached hydrogens (tertiary/aromatic N) is 3. The summed E-state index contributed by atoms with van der Waals surface area (Å²) in [6.45, 7) is 7.23. The van der Waals surface area contributed by atoms with Crippen molar-refractivity contribution in [2.45, 2.75) is 26.3 Å². The third kappa shape index (κ3) is 10.6. The van der Waals surface area contributed by atoms with Crippen LogP contribution in [0.1, 0.15) is 35.7 Å². The molecule has 1 aliphatic rings. The molecule has 0 atom stereocenters. The monoisotopic (exact) mass is 531 g/mol. The molecule has 0 unspecified atom stereocenters. The van der Waals surface area contributed by atoms with Gasteiger partial charge in [-0.15, -0.1) is 24.0 Å². The van der Waals surface area contributed by atoms with Crippen LogP contribution in [0.15, 0.2) is 29.3 Å². The van der Waals surface area contributed by atoms with E-state index in [-0.39, 0.29) is 29.9 Å². The van der Waals surface area contributed by atoms with Gasteiger partial charge < -0.3 is 25.2 Å². The van der Waals surface area contributed by atoms with E-state index in [1.807, 2.05) is 50.3 Å². The molecular formula is C22H38IN5O2. The Morgan fingerprint density at radius 1 is 1.20 bits per heavy atom. The lowest BCUT2D eigenvalue weighted by Gasteiger charge is -2.22. The number of hydrogen-bond acceptors (Lipinski definition) is 4. The number of rotatable bonds is 12. The second-order valence-corrected chi connectivity index (χ2v) is 7.87. The number of carbonyl (C=O) groups excluding carboxylic acids is 1. The van der Waals surface area contributed by atoms with Gasteiger partial charge in [-0.05, 0) is 57.5 Å². The van der Waals surface area contributed by atoms with Crippen molar-refractivity contribution in [1.29, 1.82) is 0 Å². The Balaban J connectivity index is 0.00000450. The number of hydrogen-bond donors (Lipinski definition) is 2. The van der Waals surface area contributed by atoms with Crippen LogP contribution in [-0.2, 0) is 11.3 Å².